The van der Waals surface area contributed by atoms with Crippen LogP contribution in [0.5, 0.6) is 0 Å². The van der Waals surface area contributed by atoms with E-state index in [0.29, 0.717) is 25.2 Å². The van der Waals surface area contributed by atoms with Crippen molar-refractivity contribution in [1.82, 2.24) is 20.4 Å². The van der Waals surface area contributed by atoms with Crippen LogP contribution in [0, 0.1) is 0 Å². The van der Waals surface area contributed by atoms with Crippen molar-refractivity contribution in [2.45, 2.75) is 31.7 Å². The van der Waals surface area contributed by atoms with E-state index in [1.165, 1.54) is 5.56 Å². The SMILES string of the molecule is CCC(=O)N1CC[C@@H](c2ccccc2)[C@H](NC(=O)c2cc(-c3ccccc3)n[nH]2)C1. The minimum absolute atomic E-state index is 0.119. The Kier molecular flexibility index (Phi) is 5.93. The molecule has 2 atom stereocenters. The zero-order chi connectivity index (χ0) is 20.9. The third kappa shape index (κ3) is 4.27. The number of amides is 2. The normalized spacial score (nSPS) is 18.8. The number of aromatic amines is 1. The van der Waals surface area contributed by atoms with Crippen molar-refractivity contribution in [1.29, 1.82) is 0 Å². The molecule has 0 radical (unpaired) electrons. The third-order valence-electron chi connectivity index (χ3n) is 5.70. The monoisotopic (exact) mass is 402 g/mol. The fraction of sp³-hybridized carbons (Fsp3) is 0.292. The number of nitrogens with one attached hydrogen (secondary N) is 2. The van der Waals surface area contributed by atoms with Gasteiger partial charge >= 0.3 is 0 Å². The number of hydrogen-bond acceptors (Lipinski definition) is 3. The number of carbonyl (C=O) groups is 2. The van der Waals surface area contributed by atoms with E-state index >= 15 is 0 Å². The standard InChI is InChI=1S/C24H26N4O2/c1-2-23(29)28-14-13-19(17-9-5-3-6-10-17)22(16-28)25-24(30)21-15-20(26-27-21)18-11-7-4-8-12-18/h3-12,15,19,22H,2,13-14,16H2,1H3,(H,25,30)(H,26,27)/t19-,22+/m0/s1. The highest BCUT2D eigenvalue weighted by atomic mass is 16.2. The van der Waals surface area contributed by atoms with Gasteiger partial charge in [-0.05, 0) is 18.1 Å². The van der Waals surface area contributed by atoms with Gasteiger partial charge in [-0.15, -0.1) is 0 Å². The van der Waals surface area contributed by atoms with Crippen LogP contribution < -0.4 is 5.32 Å². The molecule has 6 nitrogen and oxygen atoms in total. The van der Waals surface area contributed by atoms with Gasteiger partial charge in [-0.2, -0.15) is 5.10 Å². The highest BCUT2D eigenvalue weighted by Crippen LogP contribution is 2.29. The number of H-pyrrole nitrogens is 1. The van der Waals surface area contributed by atoms with Crippen molar-refractivity contribution >= 4 is 11.8 Å². The van der Waals surface area contributed by atoms with E-state index in [2.05, 4.69) is 27.6 Å². The summed E-state index contributed by atoms with van der Waals surface area (Å²) in [4.78, 5) is 27.1. The van der Waals surface area contributed by atoms with Gasteiger partial charge in [0, 0.05) is 31.0 Å². The third-order valence-corrected chi connectivity index (χ3v) is 5.70. The second kappa shape index (κ2) is 8.95. The predicted molar refractivity (Wildman–Crippen MR) is 116 cm³/mol. The zero-order valence-electron chi connectivity index (χ0n) is 17.0. The Morgan fingerprint density at radius 3 is 2.50 bits per heavy atom. The number of aromatic nitrogens is 2. The molecule has 2 aromatic carbocycles. The van der Waals surface area contributed by atoms with Crippen LogP contribution in [-0.4, -0.2) is 46.0 Å². The van der Waals surface area contributed by atoms with Crippen molar-refractivity contribution in [3.05, 3.63) is 78.0 Å². The van der Waals surface area contributed by atoms with Crippen LogP contribution in [0.15, 0.2) is 66.7 Å². The lowest BCUT2D eigenvalue weighted by Gasteiger charge is -2.39. The lowest BCUT2D eigenvalue weighted by atomic mass is 9.85. The van der Waals surface area contributed by atoms with Crippen molar-refractivity contribution in [2.75, 3.05) is 13.1 Å². The Labute approximate surface area is 176 Å². The number of piperidine rings is 1. The Morgan fingerprint density at radius 1 is 1.10 bits per heavy atom. The Bertz CT molecular complexity index is 1000. The van der Waals surface area contributed by atoms with Gasteiger partial charge in [0.05, 0.1) is 11.7 Å². The predicted octanol–water partition coefficient (Wildman–Crippen LogP) is 3.60. The molecule has 0 bridgehead atoms. The lowest BCUT2D eigenvalue weighted by Crippen LogP contribution is -2.53. The maximum absolute atomic E-state index is 13.0. The van der Waals surface area contributed by atoms with E-state index in [9.17, 15) is 9.59 Å². The van der Waals surface area contributed by atoms with E-state index in [4.69, 9.17) is 0 Å². The van der Waals surface area contributed by atoms with Gasteiger partial charge in [-0.25, -0.2) is 0 Å². The fourth-order valence-corrected chi connectivity index (χ4v) is 4.09. The molecular weight excluding hydrogens is 376 g/mol. The Balaban J connectivity index is 1.53. The fourth-order valence-electron chi connectivity index (χ4n) is 4.09. The lowest BCUT2D eigenvalue weighted by molar-refractivity contribution is -0.132. The van der Waals surface area contributed by atoms with Gasteiger partial charge in [-0.1, -0.05) is 67.6 Å². The molecule has 1 aliphatic heterocycles. The summed E-state index contributed by atoms with van der Waals surface area (Å²) in [6.07, 6.45) is 1.29. The minimum atomic E-state index is -0.207. The van der Waals surface area contributed by atoms with Gasteiger partial charge in [0.1, 0.15) is 5.69 Å². The molecule has 1 aliphatic rings. The van der Waals surface area contributed by atoms with E-state index < -0.39 is 0 Å². The molecule has 30 heavy (non-hydrogen) atoms. The topological polar surface area (TPSA) is 78.1 Å². The minimum Gasteiger partial charge on any atom is -0.346 e. The molecule has 1 aromatic heterocycles. The quantitative estimate of drug-likeness (QED) is 0.684. The molecule has 3 aromatic rings. The molecule has 6 heteroatoms. The van der Waals surface area contributed by atoms with Crippen LogP contribution in [0.1, 0.15) is 41.7 Å². The molecule has 1 fully saturated rings. The molecule has 1 saturated heterocycles. The molecule has 0 spiro atoms. The molecular formula is C24H26N4O2. The first-order valence-electron chi connectivity index (χ1n) is 10.4. The van der Waals surface area contributed by atoms with Crippen molar-refractivity contribution in [2.24, 2.45) is 0 Å². The second-order valence-corrected chi connectivity index (χ2v) is 7.61. The number of hydrogen-bond donors (Lipinski definition) is 2. The van der Waals surface area contributed by atoms with Crippen LogP contribution in [-0.2, 0) is 4.79 Å². The number of likely N-dealkylation sites (tertiary alicyclic amines) is 1. The van der Waals surface area contributed by atoms with Gasteiger partial charge in [0.25, 0.3) is 5.91 Å². The van der Waals surface area contributed by atoms with E-state index in [-0.39, 0.29) is 23.8 Å². The summed E-state index contributed by atoms with van der Waals surface area (Å²) in [6, 6.07) is 21.5. The maximum Gasteiger partial charge on any atom is 0.269 e. The van der Waals surface area contributed by atoms with Gasteiger partial charge in [0.2, 0.25) is 5.91 Å². The molecule has 2 N–H and O–H groups in total. The second-order valence-electron chi connectivity index (χ2n) is 7.61. The number of carbonyl (C=O) groups excluding carboxylic acids is 2. The first-order valence-corrected chi connectivity index (χ1v) is 10.4. The Morgan fingerprint density at radius 2 is 1.80 bits per heavy atom. The summed E-state index contributed by atoms with van der Waals surface area (Å²) in [7, 11) is 0. The van der Waals surface area contributed by atoms with E-state index in [0.717, 1.165) is 17.7 Å². The largest absolute Gasteiger partial charge is 0.346 e. The molecule has 0 unspecified atom stereocenters. The highest BCUT2D eigenvalue weighted by Gasteiger charge is 2.33. The zero-order valence-corrected chi connectivity index (χ0v) is 17.0. The van der Waals surface area contributed by atoms with Crippen LogP contribution in [0.2, 0.25) is 0 Å². The summed E-state index contributed by atoms with van der Waals surface area (Å²) in [6.45, 7) is 3.09. The molecule has 154 valence electrons. The van der Waals surface area contributed by atoms with E-state index in [1.807, 2.05) is 60.4 Å². The van der Waals surface area contributed by atoms with Crippen LogP contribution >= 0.6 is 0 Å². The molecule has 0 saturated carbocycles. The molecule has 2 amide bonds. The van der Waals surface area contributed by atoms with Crippen LogP contribution in [0.25, 0.3) is 11.3 Å². The average molecular weight is 402 g/mol. The van der Waals surface area contributed by atoms with Gasteiger partial charge < -0.3 is 10.2 Å². The molecule has 0 aliphatic carbocycles. The molecule has 4 rings (SSSR count). The van der Waals surface area contributed by atoms with Crippen molar-refractivity contribution < 1.29 is 9.59 Å². The van der Waals surface area contributed by atoms with Gasteiger partial charge in [-0.3, -0.25) is 14.7 Å². The smallest absolute Gasteiger partial charge is 0.269 e. The summed E-state index contributed by atoms with van der Waals surface area (Å²) in [5.74, 6) is 0.0719. The number of benzene rings is 2. The number of nitrogens with zero attached hydrogens (tertiary/aromatic N) is 2. The number of rotatable bonds is 5. The summed E-state index contributed by atoms with van der Waals surface area (Å²) in [5.41, 5.74) is 3.28. The average Bonchev–Trinajstić information content (AvgIpc) is 3.30. The van der Waals surface area contributed by atoms with Crippen LogP contribution in [0.3, 0.4) is 0 Å². The first kappa shape index (κ1) is 19.9. The maximum atomic E-state index is 13.0. The Hall–Kier alpha value is -3.41. The highest BCUT2D eigenvalue weighted by molar-refractivity contribution is 5.93. The van der Waals surface area contributed by atoms with Crippen molar-refractivity contribution in [3.63, 3.8) is 0 Å². The van der Waals surface area contributed by atoms with Gasteiger partial charge in [0.15, 0.2) is 0 Å². The summed E-state index contributed by atoms with van der Waals surface area (Å²) in [5, 5.41) is 10.3. The summed E-state index contributed by atoms with van der Waals surface area (Å²) >= 11 is 0. The van der Waals surface area contributed by atoms with E-state index in [1.54, 1.807) is 6.07 Å². The van der Waals surface area contributed by atoms with Crippen LogP contribution in [0.4, 0.5) is 0 Å². The molecule has 2 heterocycles. The first-order chi connectivity index (χ1) is 14.7. The summed E-state index contributed by atoms with van der Waals surface area (Å²) < 4.78 is 0. The van der Waals surface area contributed by atoms with Crippen molar-refractivity contribution in [3.8, 4) is 11.3 Å².